The number of hydrogen-bond acceptors (Lipinski definition) is 1. The average Bonchev–Trinajstić information content (AvgIpc) is 2.86. The van der Waals surface area contributed by atoms with Crippen LogP contribution < -0.4 is 5.73 Å². The van der Waals surface area contributed by atoms with Gasteiger partial charge in [0.05, 0.1) is 5.56 Å². The lowest BCUT2D eigenvalue weighted by atomic mass is 9.97. The van der Waals surface area contributed by atoms with Crippen molar-refractivity contribution in [3.8, 4) is 11.1 Å². The molecule has 1 amide bonds. The molecule has 1 aromatic heterocycles. The zero-order valence-corrected chi connectivity index (χ0v) is 17.2. The maximum atomic E-state index is 12.3. The molecule has 0 aliphatic rings. The predicted molar refractivity (Wildman–Crippen MR) is 111 cm³/mol. The molecule has 26 heavy (non-hydrogen) atoms. The standard InChI is InChI=1S/C22H31ClN2O/c1-5-6-7-8-19-21(17-9-11-18(23)12-10-17)20(22(24)26)16(4)25(19)14-13-15(2)3/h9-12,15H,5-8,13-14H2,1-4H3,(H2,24,26). The van der Waals surface area contributed by atoms with E-state index in [-0.39, 0.29) is 5.91 Å². The van der Waals surface area contributed by atoms with Gasteiger partial charge < -0.3 is 10.3 Å². The highest BCUT2D eigenvalue weighted by Crippen LogP contribution is 2.35. The van der Waals surface area contributed by atoms with Crippen molar-refractivity contribution in [3.63, 3.8) is 0 Å². The molecule has 0 bridgehead atoms. The predicted octanol–water partition coefficient (Wildman–Crippen LogP) is 5.99. The van der Waals surface area contributed by atoms with Crippen molar-refractivity contribution in [2.24, 2.45) is 11.7 Å². The summed E-state index contributed by atoms with van der Waals surface area (Å²) in [6.07, 6.45) is 5.50. The monoisotopic (exact) mass is 374 g/mol. The van der Waals surface area contributed by atoms with Crippen LogP contribution >= 0.6 is 11.6 Å². The summed E-state index contributed by atoms with van der Waals surface area (Å²) < 4.78 is 2.32. The van der Waals surface area contributed by atoms with E-state index >= 15 is 0 Å². The second-order valence-corrected chi connectivity index (χ2v) is 7.88. The molecule has 0 radical (unpaired) electrons. The number of nitrogens with two attached hydrogens (primary N) is 1. The minimum atomic E-state index is -0.354. The van der Waals surface area contributed by atoms with Gasteiger partial charge in [0.1, 0.15) is 0 Å². The summed E-state index contributed by atoms with van der Waals surface area (Å²) in [7, 11) is 0. The molecule has 0 aliphatic heterocycles. The van der Waals surface area contributed by atoms with E-state index in [1.54, 1.807) is 0 Å². The summed E-state index contributed by atoms with van der Waals surface area (Å²) >= 11 is 6.07. The lowest BCUT2D eigenvalue weighted by Crippen LogP contribution is -2.13. The number of primary amides is 1. The molecular formula is C22H31ClN2O. The molecule has 4 heteroatoms. The second kappa shape index (κ2) is 9.27. The molecule has 2 aromatic rings. The topological polar surface area (TPSA) is 48.0 Å². The summed E-state index contributed by atoms with van der Waals surface area (Å²) in [4.78, 5) is 12.3. The number of rotatable bonds is 9. The molecule has 2 N–H and O–H groups in total. The van der Waals surface area contributed by atoms with Gasteiger partial charge in [-0.15, -0.1) is 0 Å². The third kappa shape index (κ3) is 4.70. The zero-order chi connectivity index (χ0) is 19.3. The number of carbonyl (C=O) groups excluding carboxylic acids is 1. The Morgan fingerprint density at radius 3 is 2.38 bits per heavy atom. The van der Waals surface area contributed by atoms with Gasteiger partial charge in [-0.2, -0.15) is 0 Å². The van der Waals surface area contributed by atoms with Crippen molar-refractivity contribution in [1.29, 1.82) is 0 Å². The van der Waals surface area contributed by atoms with Crippen LogP contribution in [0.25, 0.3) is 11.1 Å². The maximum Gasteiger partial charge on any atom is 0.251 e. The van der Waals surface area contributed by atoms with Crippen LogP contribution in [0.1, 0.15) is 68.2 Å². The maximum absolute atomic E-state index is 12.3. The fourth-order valence-corrected chi connectivity index (χ4v) is 3.64. The van der Waals surface area contributed by atoms with Gasteiger partial charge >= 0.3 is 0 Å². The number of halogens is 1. The first-order chi connectivity index (χ1) is 12.4. The van der Waals surface area contributed by atoms with E-state index in [1.165, 1.54) is 18.5 Å². The minimum Gasteiger partial charge on any atom is -0.366 e. The summed E-state index contributed by atoms with van der Waals surface area (Å²) in [5.41, 5.74) is 10.7. The Morgan fingerprint density at radius 2 is 1.85 bits per heavy atom. The fourth-order valence-electron chi connectivity index (χ4n) is 3.52. The number of amides is 1. The molecule has 0 saturated heterocycles. The average molecular weight is 375 g/mol. The third-order valence-corrected chi connectivity index (χ3v) is 5.21. The lowest BCUT2D eigenvalue weighted by Gasteiger charge is -2.14. The quantitative estimate of drug-likeness (QED) is 0.538. The van der Waals surface area contributed by atoms with Crippen molar-refractivity contribution in [2.75, 3.05) is 0 Å². The highest BCUT2D eigenvalue weighted by atomic mass is 35.5. The van der Waals surface area contributed by atoms with E-state index in [2.05, 4.69) is 25.3 Å². The largest absolute Gasteiger partial charge is 0.366 e. The van der Waals surface area contributed by atoms with Crippen LogP contribution in [0, 0.1) is 12.8 Å². The number of hydrogen-bond donors (Lipinski definition) is 1. The van der Waals surface area contributed by atoms with E-state index in [0.717, 1.165) is 42.6 Å². The first kappa shape index (κ1) is 20.6. The van der Waals surface area contributed by atoms with Crippen LogP contribution in [0.3, 0.4) is 0 Å². The summed E-state index contributed by atoms with van der Waals surface area (Å²) in [6, 6.07) is 7.72. The van der Waals surface area contributed by atoms with E-state index in [4.69, 9.17) is 17.3 Å². The van der Waals surface area contributed by atoms with Gasteiger partial charge in [-0.3, -0.25) is 4.79 Å². The number of unbranched alkanes of at least 4 members (excludes halogenated alkanes) is 2. The number of nitrogens with zero attached hydrogens (tertiary/aromatic N) is 1. The molecule has 0 atom stereocenters. The van der Waals surface area contributed by atoms with E-state index < -0.39 is 0 Å². The van der Waals surface area contributed by atoms with Crippen LogP contribution in [0.5, 0.6) is 0 Å². The molecule has 0 aliphatic carbocycles. The Morgan fingerprint density at radius 1 is 1.19 bits per heavy atom. The van der Waals surface area contributed by atoms with Crippen LogP contribution in [0.4, 0.5) is 0 Å². The van der Waals surface area contributed by atoms with Crippen molar-refractivity contribution in [3.05, 3.63) is 46.2 Å². The van der Waals surface area contributed by atoms with E-state index in [1.807, 2.05) is 31.2 Å². The third-order valence-electron chi connectivity index (χ3n) is 4.96. The summed E-state index contributed by atoms with van der Waals surface area (Å²) in [6.45, 7) is 9.59. The molecule has 0 saturated carbocycles. The van der Waals surface area contributed by atoms with Gasteiger partial charge in [0.2, 0.25) is 0 Å². The number of benzene rings is 1. The normalized spacial score (nSPS) is 11.3. The first-order valence-electron chi connectivity index (χ1n) is 9.64. The highest BCUT2D eigenvalue weighted by molar-refractivity contribution is 6.30. The molecule has 3 nitrogen and oxygen atoms in total. The number of carbonyl (C=O) groups is 1. The van der Waals surface area contributed by atoms with Gasteiger partial charge in [0, 0.05) is 28.5 Å². The van der Waals surface area contributed by atoms with E-state index in [0.29, 0.717) is 16.5 Å². The summed E-state index contributed by atoms with van der Waals surface area (Å²) in [5.74, 6) is 0.254. The Balaban J connectivity index is 2.61. The van der Waals surface area contributed by atoms with Gasteiger partial charge in [-0.05, 0) is 49.8 Å². The second-order valence-electron chi connectivity index (χ2n) is 7.44. The van der Waals surface area contributed by atoms with Crippen LogP contribution in [0.2, 0.25) is 5.02 Å². The highest BCUT2D eigenvalue weighted by Gasteiger charge is 2.24. The van der Waals surface area contributed by atoms with Crippen molar-refractivity contribution < 1.29 is 4.79 Å². The molecule has 142 valence electrons. The Labute approximate surface area is 162 Å². The van der Waals surface area contributed by atoms with Crippen molar-refractivity contribution in [2.45, 2.75) is 66.3 Å². The Kier molecular flexibility index (Phi) is 7.33. The molecule has 0 spiro atoms. The smallest absolute Gasteiger partial charge is 0.251 e. The molecule has 0 unspecified atom stereocenters. The minimum absolute atomic E-state index is 0.354. The van der Waals surface area contributed by atoms with Crippen molar-refractivity contribution in [1.82, 2.24) is 4.57 Å². The Bertz CT molecular complexity index is 744. The van der Waals surface area contributed by atoms with Gasteiger partial charge in [0.15, 0.2) is 0 Å². The molecular weight excluding hydrogens is 344 g/mol. The van der Waals surface area contributed by atoms with E-state index in [9.17, 15) is 4.79 Å². The molecule has 2 rings (SSSR count). The molecule has 1 heterocycles. The SMILES string of the molecule is CCCCCc1c(-c2ccc(Cl)cc2)c(C(N)=O)c(C)n1CCC(C)C. The van der Waals surface area contributed by atoms with Crippen molar-refractivity contribution >= 4 is 17.5 Å². The van der Waals surface area contributed by atoms with Crippen LogP contribution in [0.15, 0.2) is 24.3 Å². The lowest BCUT2D eigenvalue weighted by molar-refractivity contribution is 0.1000. The summed E-state index contributed by atoms with van der Waals surface area (Å²) in [5, 5.41) is 0.692. The van der Waals surface area contributed by atoms with Gasteiger partial charge in [0.25, 0.3) is 5.91 Å². The van der Waals surface area contributed by atoms with Gasteiger partial charge in [-0.1, -0.05) is 57.3 Å². The number of aromatic nitrogens is 1. The van der Waals surface area contributed by atoms with Crippen LogP contribution in [-0.4, -0.2) is 10.5 Å². The molecule has 0 fully saturated rings. The fraction of sp³-hybridized carbons (Fsp3) is 0.500. The first-order valence-corrected chi connectivity index (χ1v) is 10.0. The molecule has 1 aromatic carbocycles. The zero-order valence-electron chi connectivity index (χ0n) is 16.4. The Hall–Kier alpha value is -1.74. The van der Waals surface area contributed by atoms with Gasteiger partial charge in [-0.25, -0.2) is 0 Å². The van der Waals surface area contributed by atoms with Crippen LogP contribution in [-0.2, 0) is 13.0 Å².